The van der Waals surface area contributed by atoms with E-state index >= 15 is 0 Å². The molecule has 0 atom stereocenters. The fraction of sp³-hybridized carbons (Fsp3) is 0.222. The van der Waals surface area contributed by atoms with Crippen molar-refractivity contribution in [2.45, 2.75) is 20.8 Å². The summed E-state index contributed by atoms with van der Waals surface area (Å²) in [5, 5.41) is 10.8. The first-order chi connectivity index (χ1) is 11.4. The van der Waals surface area contributed by atoms with E-state index in [1.807, 2.05) is 32.9 Å². The van der Waals surface area contributed by atoms with Gasteiger partial charge in [0.25, 0.3) is 0 Å². The number of rotatable bonds is 2. The van der Waals surface area contributed by atoms with E-state index in [2.05, 4.69) is 11.1 Å². The molecule has 2 heterocycles. The molecule has 1 aromatic carbocycles. The summed E-state index contributed by atoms with van der Waals surface area (Å²) in [7, 11) is 1.58. The van der Waals surface area contributed by atoms with E-state index in [-0.39, 0.29) is 0 Å². The molecule has 122 valence electrons. The number of nitrogen functional groups attached to an aromatic ring is 1. The van der Waals surface area contributed by atoms with Crippen molar-refractivity contribution in [3.05, 3.63) is 45.6 Å². The summed E-state index contributed by atoms with van der Waals surface area (Å²) in [6, 6.07) is 5.94. The first-order valence-corrected chi connectivity index (χ1v) is 7.79. The van der Waals surface area contributed by atoms with Gasteiger partial charge >= 0.3 is 0 Å². The summed E-state index contributed by atoms with van der Waals surface area (Å²) in [5.74, 6) is 0.949. The number of nitriles is 1. The van der Waals surface area contributed by atoms with Crippen molar-refractivity contribution >= 4 is 28.5 Å². The third-order valence-corrected chi connectivity index (χ3v) is 4.43. The highest BCUT2D eigenvalue weighted by molar-refractivity contribution is 6.32. The molecule has 5 nitrogen and oxygen atoms in total. The number of hydrogen-bond donors (Lipinski definition) is 1. The first-order valence-electron chi connectivity index (χ1n) is 7.41. The van der Waals surface area contributed by atoms with E-state index in [1.54, 1.807) is 17.9 Å². The number of nitrogens with two attached hydrogens (primary N) is 1. The zero-order chi connectivity index (χ0) is 17.6. The highest BCUT2D eigenvalue weighted by Gasteiger charge is 2.22. The van der Waals surface area contributed by atoms with E-state index in [4.69, 9.17) is 22.1 Å². The van der Waals surface area contributed by atoms with Gasteiger partial charge in [-0.3, -0.25) is 4.57 Å². The van der Waals surface area contributed by atoms with Crippen LogP contribution in [0.5, 0.6) is 5.75 Å². The van der Waals surface area contributed by atoms with E-state index in [0.29, 0.717) is 27.8 Å². The second-order valence-electron chi connectivity index (χ2n) is 5.77. The fourth-order valence-electron chi connectivity index (χ4n) is 3.13. The molecule has 0 fully saturated rings. The average molecular weight is 341 g/mol. The maximum absolute atomic E-state index is 9.53. The van der Waals surface area contributed by atoms with Gasteiger partial charge in [0.1, 0.15) is 28.8 Å². The summed E-state index contributed by atoms with van der Waals surface area (Å²) in [6.45, 7) is 5.79. The van der Waals surface area contributed by atoms with Gasteiger partial charge in [0.15, 0.2) is 0 Å². The van der Waals surface area contributed by atoms with Crippen molar-refractivity contribution in [2.24, 2.45) is 0 Å². The van der Waals surface area contributed by atoms with Crippen molar-refractivity contribution < 1.29 is 4.74 Å². The van der Waals surface area contributed by atoms with Crippen molar-refractivity contribution in [1.29, 1.82) is 5.26 Å². The number of halogens is 1. The molecule has 0 radical (unpaired) electrons. The lowest BCUT2D eigenvalue weighted by atomic mass is 10.1. The van der Waals surface area contributed by atoms with Crippen LogP contribution < -0.4 is 10.5 Å². The largest absolute Gasteiger partial charge is 0.495 e. The zero-order valence-electron chi connectivity index (χ0n) is 13.9. The average Bonchev–Trinajstić information content (AvgIpc) is 2.79. The van der Waals surface area contributed by atoms with Gasteiger partial charge in [0.05, 0.1) is 17.8 Å². The van der Waals surface area contributed by atoms with Gasteiger partial charge in [-0.05, 0) is 44.0 Å². The minimum Gasteiger partial charge on any atom is -0.495 e. The third kappa shape index (κ3) is 2.19. The number of pyridine rings is 1. The molecule has 0 bridgehead atoms. The lowest BCUT2D eigenvalue weighted by Gasteiger charge is -2.18. The van der Waals surface area contributed by atoms with E-state index in [1.165, 1.54) is 0 Å². The second-order valence-corrected chi connectivity index (χ2v) is 6.18. The molecule has 0 aliphatic rings. The van der Waals surface area contributed by atoms with Gasteiger partial charge in [-0.1, -0.05) is 11.6 Å². The normalized spacial score (nSPS) is 10.8. The topological polar surface area (TPSA) is 76.9 Å². The van der Waals surface area contributed by atoms with Crippen LogP contribution >= 0.6 is 11.6 Å². The Bertz CT molecular complexity index is 1010. The molecule has 0 saturated heterocycles. The molecule has 0 amide bonds. The number of benzene rings is 1. The van der Waals surface area contributed by atoms with Crippen molar-refractivity contribution in [3.63, 3.8) is 0 Å². The van der Waals surface area contributed by atoms with Gasteiger partial charge in [0, 0.05) is 17.1 Å². The SMILES string of the molecule is COc1c(Cl)cc(C)c(-n2c(N)c(C#N)c3cc(C)cnc32)c1C. The smallest absolute Gasteiger partial charge is 0.147 e. The lowest BCUT2D eigenvalue weighted by molar-refractivity contribution is 0.411. The molecule has 2 aromatic heterocycles. The van der Waals surface area contributed by atoms with Gasteiger partial charge in [-0.25, -0.2) is 4.98 Å². The Kier molecular flexibility index (Phi) is 3.86. The monoisotopic (exact) mass is 340 g/mol. The molecule has 0 spiro atoms. The van der Waals surface area contributed by atoms with Crippen LogP contribution in [0.4, 0.5) is 5.82 Å². The standard InChI is InChI=1S/C18H17ClN4O/c1-9-5-12-13(7-20)17(21)23(18(12)22-8-9)15-10(2)6-14(19)16(24-4)11(15)3/h5-6,8H,21H2,1-4H3. The van der Waals surface area contributed by atoms with Crippen LogP contribution in [-0.2, 0) is 0 Å². The minimum absolute atomic E-state index is 0.362. The molecule has 2 N–H and O–H groups in total. The number of anilines is 1. The number of fused-ring (bicyclic) bond motifs is 1. The minimum atomic E-state index is 0.362. The Labute approximate surface area is 145 Å². The van der Waals surface area contributed by atoms with E-state index in [9.17, 15) is 5.26 Å². The van der Waals surface area contributed by atoms with E-state index in [0.717, 1.165) is 27.8 Å². The maximum atomic E-state index is 9.53. The molecule has 6 heteroatoms. The molecule has 0 aliphatic carbocycles. The summed E-state index contributed by atoms with van der Waals surface area (Å²) < 4.78 is 7.23. The highest BCUT2D eigenvalue weighted by Crippen LogP contribution is 2.39. The zero-order valence-corrected chi connectivity index (χ0v) is 14.7. The van der Waals surface area contributed by atoms with Crippen LogP contribution in [0.25, 0.3) is 16.7 Å². The van der Waals surface area contributed by atoms with Crippen LogP contribution in [-0.4, -0.2) is 16.7 Å². The second kappa shape index (κ2) is 5.73. The number of aromatic nitrogens is 2. The molecule has 3 rings (SSSR count). The predicted molar refractivity (Wildman–Crippen MR) is 96.0 cm³/mol. The summed E-state index contributed by atoms with van der Waals surface area (Å²) in [4.78, 5) is 4.50. The number of aryl methyl sites for hydroxylation is 2. The molecule has 0 unspecified atom stereocenters. The number of nitrogens with zero attached hydrogens (tertiary/aromatic N) is 3. The Hall–Kier alpha value is -2.71. The molecule has 3 aromatic rings. The van der Waals surface area contributed by atoms with Gasteiger partial charge in [-0.2, -0.15) is 5.26 Å². The maximum Gasteiger partial charge on any atom is 0.147 e. The van der Waals surface area contributed by atoms with Crippen LogP contribution in [0.2, 0.25) is 5.02 Å². The summed E-state index contributed by atoms with van der Waals surface area (Å²) in [6.07, 6.45) is 1.76. The first kappa shape index (κ1) is 16.2. The predicted octanol–water partition coefficient (Wildman–Crippen LogP) is 4.07. The molecular formula is C18H17ClN4O. The summed E-state index contributed by atoms with van der Waals surface area (Å²) in [5.41, 5.74) is 10.9. The number of methoxy groups -OCH3 is 1. The molecule has 24 heavy (non-hydrogen) atoms. The lowest BCUT2D eigenvalue weighted by Crippen LogP contribution is -2.07. The van der Waals surface area contributed by atoms with Crippen LogP contribution in [0.15, 0.2) is 18.3 Å². The van der Waals surface area contributed by atoms with Crippen molar-refractivity contribution in [3.8, 4) is 17.5 Å². The van der Waals surface area contributed by atoms with E-state index < -0.39 is 0 Å². The number of hydrogen-bond acceptors (Lipinski definition) is 4. The van der Waals surface area contributed by atoms with Crippen molar-refractivity contribution in [1.82, 2.24) is 9.55 Å². The Balaban J connectivity index is 2.49. The Morgan fingerprint density at radius 2 is 2.00 bits per heavy atom. The van der Waals surface area contributed by atoms with Crippen LogP contribution in [0, 0.1) is 32.1 Å². The van der Waals surface area contributed by atoms with Gasteiger partial charge in [0.2, 0.25) is 0 Å². The fourth-order valence-corrected chi connectivity index (χ4v) is 3.52. The summed E-state index contributed by atoms with van der Waals surface area (Å²) >= 11 is 6.27. The number of ether oxygens (including phenoxy) is 1. The Morgan fingerprint density at radius 1 is 1.29 bits per heavy atom. The quantitative estimate of drug-likeness (QED) is 0.763. The highest BCUT2D eigenvalue weighted by atomic mass is 35.5. The van der Waals surface area contributed by atoms with Gasteiger partial charge < -0.3 is 10.5 Å². The molecular weight excluding hydrogens is 324 g/mol. The van der Waals surface area contributed by atoms with Crippen LogP contribution in [0.3, 0.4) is 0 Å². The molecule has 0 aliphatic heterocycles. The van der Waals surface area contributed by atoms with Crippen molar-refractivity contribution in [2.75, 3.05) is 12.8 Å². The molecule has 0 saturated carbocycles. The van der Waals surface area contributed by atoms with Gasteiger partial charge in [-0.15, -0.1) is 0 Å². The van der Waals surface area contributed by atoms with Crippen LogP contribution in [0.1, 0.15) is 22.3 Å². The third-order valence-electron chi connectivity index (χ3n) is 4.15. The Morgan fingerprint density at radius 3 is 2.62 bits per heavy atom.